The third-order valence-corrected chi connectivity index (χ3v) is 4.21. The molecule has 7 nitrogen and oxygen atoms in total. The third-order valence-electron chi connectivity index (χ3n) is 4.21. The Morgan fingerprint density at radius 2 is 1.85 bits per heavy atom. The van der Waals surface area contributed by atoms with Crippen LogP contribution in [0.5, 0.6) is 0 Å². The van der Waals surface area contributed by atoms with Crippen molar-refractivity contribution in [2.75, 3.05) is 0 Å². The second-order valence-electron chi connectivity index (χ2n) is 5.81. The Bertz CT molecular complexity index is 1060. The highest BCUT2D eigenvalue weighted by molar-refractivity contribution is 5.88. The van der Waals surface area contributed by atoms with Gasteiger partial charge in [0, 0.05) is 31.2 Å². The highest BCUT2D eigenvalue weighted by Gasteiger charge is 2.21. The number of hydrogen-bond donors (Lipinski definition) is 0. The molecule has 3 aromatic heterocycles. The standard InChI is InChI=1S/C19H15N5O2/c25-24(26)17-6-3-5-15-18(17)23(13-9-14-7-11-20-12-8-14)19(22-15)16-4-1-2-10-21-16/h1-8,10-12H,9,13H2. The number of aromatic nitrogens is 4. The van der Waals surface area contributed by atoms with Crippen molar-refractivity contribution in [1.29, 1.82) is 0 Å². The largest absolute Gasteiger partial charge is 0.317 e. The smallest absolute Gasteiger partial charge is 0.295 e. The summed E-state index contributed by atoms with van der Waals surface area (Å²) in [6.45, 7) is 0.553. The van der Waals surface area contributed by atoms with Gasteiger partial charge in [0.2, 0.25) is 0 Å². The van der Waals surface area contributed by atoms with Crippen LogP contribution in [0.15, 0.2) is 67.1 Å². The van der Waals surface area contributed by atoms with Crippen LogP contribution >= 0.6 is 0 Å². The molecule has 0 spiro atoms. The molecule has 0 amide bonds. The van der Waals surface area contributed by atoms with Crippen LogP contribution in [0.25, 0.3) is 22.6 Å². The first-order chi connectivity index (χ1) is 12.7. The van der Waals surface area contributed by atoms with Gasteiger partial charge in [-0.15, -0.1) is 0 Å². The summed E-state index contributed by atoms with van der Waals surface area (Å²) in [6.07, 6.45) is 5.88. The van der Waals surface area contributed by atoms with Gasteiger partial charge in [-0.05, 0) is 42.3 Å². The molecule has 4 rings (SSSR count). The highest BCUT2D eigenvalue weighted by Crippen LogP contribution is 2.30. The Kier molecular flexibility index (Phi) is 4.10. The van der Waals surface area contributed by atoms with E-state index >= 15 is 0 Å². The molecule has 0 saturated carbocycles. The van der Waals surface area contributed by atoms with Crippen molar-refractivity contribution in [3.63, 3.8) is 0 Å². The molecule has 0 fully saturated rings. The van der Waals surface area contributed by atoms with Gasteiger partial charge in [-0.3, -0.25) is 20.1 Å². The van der Waals surface area contributed by atoms with Gasteiger partial charge >= 0.3 is 0 Å². The van der Waals surface area contributed by atoms with Crippen LogP contribution in [0, 0.1) is 10.1 Å². The quantitative estimate of drug-likeness (QED) is 0.407. The van der Waals surface area contributed by atoms with Crippen molar-refractivity contribution in [3.8, 4) is 11.5 Å². The molecule has 0 radical (unpaired) electrons. The molecule has 128 valence electrons. The van der Waals surface area contributed by atoms with Gasteiger partial charge in [0.05, 0.1) is 10.4 Å². The maximum absolute atomic E-state index is 11.5. The number of non-ortho nitro benzene ring substituents is 1. The maximum Gasteiger partial charge on any atom is 0.295 e. The van der Waals surface area contributed by atoms with Gasteiger partial charge in [0.1, 0.15) is 11.2 Å². The second kappa shape index (κ2) is 6.72. The van der Waals surface area contributed by atoms with Crippen molar-refractivity contribution in [3.05, 3.63) is 82.8 Å². The zero-order valence-corrected chi connectivity index (χ0v) is 13.8. The van der Waals surface area contributed by atoms with Gasteiger partial charge < -0.3 is 4.57 Å². The minimum absolute atomic E-state index is 0.0481. The molecule has 4 aromatic rings. The van der Waals surface area contributed by atoms with E-state index in [9.17, 15) is 10.1 Å². The normalized spacial score (nSPS) is 10.9. The Labute approximate surface area is 149 Å². The van der Waals surface area contributed by atoms with Gasteiger partial charge in [0.25, 0.3) is 5.69 Å². The minimum atomic E-state index is -0.366. The minimum Gasteiger partial charge on any atom is -0.317 e. The number of imidazole rings is 1. The number of nitro groups is 1. The Morgan fingerprint density at radius 1 is 1.00 bits per heavy atom. The monoisotopic (exact) mass is 345 g/mol. The van der Waals surface area contributed by atoms with E-state index in [2.05, 4.69) is 15.0 Å². The van der Waals surface area contributed by atoms with Crippen LogP contribution in [0.2, 0.25) is 0 Å². The number of hydrogen-bond acceptors (Lipinski definition) is 5. The molecule has 0 N–H and O–H groups in total. The van der Waals surface area contributed by atoms with E-state index in [0.29, 0.717) is 35.5 Å². The first-order valence-corrected chi connectivity index (χ1v) is 8.18. The predicted molar refractivity (Wildman–Crippen MR) is 97.6 cm³/mol. The van der Waals surface area contributed by atoms with Crippen molar-refractivity contribution < 1.29 is 4.92 Å². The van der Waals surface area contributed by atoms with E-state index in [1.807, 2.05) is 34.9 Å². The topological polar surface area (TPSA) is 86.7 Å². The lowest BCUT2D eigenvalue weighted by Crippen LogP contribution is -2.06. The summed E-state index contributed by atoms with van der Waals surface area (Å²) in [4.78, 5) is 24.2. The van der Waals surface area contributed by atoms with Crippen molar-refractivity contribution in [2.24, 2.45) is 0 Å². The highest BCUT2D eigenvalue weighted by atomic mass is 16.6. The fourth-order valence-corrected chi connectivity index (χ4v) is 3.01. The summed E-state index contributed by atoms with van der Waals surface area (Å²) in [5.41, 5.74) is 2.95. The summed E-state index contributed by atoms with van der Waals surface area (Å²) in [5, 5.41) is 11.5. The lowest BCUT2D eigenvalue weighted by Gasteiger charge is -2.09. The molecule has 26 heavy (non-hydrogen) atoms. The zero-order chi connectivity index (χ0) is 17.9. The van der Waals surface area contributed by atoms with Crippen LogP contribution < -0.4 is 0 Å². The van der Waals surface area contributed by atoms with E-state index < -0.39 is 0 Å². The van der Waals surface area contributed by atoms with Crippen molar-refractivity contribution >= 4 is 16.7 Å². The van der Waals surface area contributed by atoms with Crippen LogP contribution in [-0.4, -0.2) is 24.4 Å². The van der Waals surface area contributed by atoms with Gasteiger partial charge in [-0.2, -0.15) is 0 Å². The van der Waals surface area contributed by atoms with E-state index in [0.717, 1.165) is 5.56 Å². The van der Waals surface area contributed by atoms with Crippen LogP contribution in [-0.2, 0) is 13.0 Å². The summed E-state index contributed by atoms with van der Waals surface area (Å²) < 4.78 is 1.89. The number of nitrogens with zero attached hydrogens (tertiary/aromatic N) is 5. The van der Waals surface area contributed by atoms with Gasteiger partial charge in [-0.1, -0.05) is 12.1 Å². The molecular weight excluding hydrogens is 330 g/mol. The lowest BCUT2D eigenvalue weighted by molar-refractivity contribution is -0.383. The Balaban J connectivity index is 1.87. The number of nitro benzene ring substituents is 1. The SMILES string of the molecule is O=[N+]([O-])c1cccc2nc(-c3ccccn3)n(CCc3ccncc3)c12. The molecule has 0 atom stereocenters. The van der Waals surface area contributed by atoms with Crippen LogP contribution in [0.1, 0.15) is 5.56 Å². The summed E-state index contributed by atoms with van der Waals surface area (Å²) in [7, 11) is 0. The molecule has 7 heteroatoms. The number of pyridine rings is 2. The van der Waals surface area contributed by atoms with Crippen LogP contribution in [0.3, 0.4) is 0 Å². The Hall–Kier alpha value is -3.61. The number of aryl methyl sites for hydroxylation is 2. The van der Waals surface area contributed by atoms with Gasteiger partial charge in [-0.25, -0.2) is 4.98 Å². The third kappa shape index (κ3) is 2.90. The lowest BCUT2D eigenvalue weighted by atomic mass is 10.2. The molecule has 0 aliphatic carbocycles. The molecule has 0 aliphatic rings. The number of fused-ring (bicyclic) bond motifs is 1. The maximum atomic E-state index is 11.5. The summed E-state index contributed by atoms with van der Waals surface area (Å²) in [6, 6.07) is 14.4. The first-order valence-electron chi connectivity index (χ1n) is 8.18. The average Bonchev–Trinajstić information content (AvgIpc) is 3.06. The first kappa shape index (κ1) is 15.9. The average molecular weight is 345 g/mol. The number of benzene rings is 1. The molecular formula is C19H15N5O2. The fraction of sp³-hybridized carbons (Fsp3) is 0.105. The molecule has 0 bridgehead atoms. The molecule has 0 saturated heterocycles. The Morgan fingerprint density at radius 3 is 2.58 bits per heavy atom. The van der Waals surface area contributed by atoms with Gasteiger partial charge in [0.15, 0.2) is 5.82 Å². The van der Waals surface area contributed by atoms with Crippen LogP contribution in [0.4, 0.5) is 5.69 Å². The van der Waals surface area contributed by atoms with Crippen molar-refractivity contribution in [2.45, 2.75) is 13.0 Å². The second-order valence-corrected chi connectivity index (χ2v) is 5.81. The van der Waals surface area contributed by atoms with E-state index in [4.69, 9.17) is 0 Å². The van der Waals surface area contributed by atoms with E-state index in [1.165, 1.54) is 6.07 Å². The number of rotatable bonds is 5. The van der Waals surface area contributed by atoms with Crippen molar-refractivity contribution in [1.82, 2.24) is 19.5 Å². The number of para-hydroxylation sites is 1. The predicted octanol–water partition coefficient (Wildman–Crippen LogP) is 3.64. The molecule has 0 unspecified atom stereocenters. The molecule has 3 heterocycles. The fourth-order valence-electron chi connectivity index (χ4n) is 3.01. The summed E-state index contributed by atoms with van der Waals surface area (Å²) in [5.74, 6) is 0.629. The van der Waals surface area contributed by atoms with E-state index in [1.54, 1.807) is 30.7 Å². The molecule has 0 aliphatic heterocycles. The van der Waals surface area contributed by atoms with E-state index in [-0.39, 0.29) is 10.6 Å². The summed E-state index contributed by atoms with van der Waals surface area (Å²) >= 11 is 0. The molecule has 1 aromatic carbocycles. The zero-order valence-electron chi connectivity index (χ0n) is 13.8.